The van der Waals surface area contributed by atoms with Gasteiger partial charge in [-0.25, -0.2) is 13.6 Å². The number of imide groups is 1. The highest BCUT2D eigenvalue weighted by Gasteiger charge is 2.51. The zero-order valence-electron chi connectivity index (χ0n) is 14.5. The highest BCUT2D eigenvalue weighted by molar-refractivity contribution is 6.07. The number of rotatable bonds is 6. The second-order valence-electron chi connectivity index (χ2n) is 6.43. The second-order valence-corrected chi connectivity index (χ2v) is 6.43. The Morgan fingerprint density at radius 2 is 1.73 bits per heavy atom. The molecule has 0 radical (unpaired) electrons. The number of hydrogen-bond donors (Lipinski definition) is 1. The van der Waals surface area contributed by atoms with Gasteiger partial charge in [0.25, 0.3) is 5.91 Å². The van der Waals surface area contributed by atoms with Crippen LogP contribution in [0.3, 0.4) is 0 Å². The van der Waals surface area contributed by atoms with E-state index in [4.69, 9.17) is 0 Å². The molecule has 136 valence electrons. The number of nitrogens with one attached hydrogen (secondary N) is 1. The summed E-state index contributed by atoms with van der Waals surface area (Å²) in [6.07, 6.45) is 1.93. The molecule has 2 aromatic carbocycles. The van der Waals surface area contributed by atoms with E-state index in [2.05, 4.69) is 5.32 Å². The number of nitrogens with zero attached hydrogens (tertiary/aromatic N) is 1. The van der Waals surface area contributed by atoms with Crippen molar-refractivity contribution < 1.29 is 18.4 Å². The van der Waals surface area contributed by atoms with Gasteiger partial charge in [0.2, 0.25) is 0 Å². The monoisotopic (exact) mass is 358 g/mol. The first-order chi connectivity index (χ1) is 12.5. The first-order valence-electron chi connectivity index (χ1n) is 8.61. The summed E-state index contributed by atoms with van der Waals surface area (Å²) in [5, 5.41) is 2.77. The molecule has 0 aromatic heterocycles. The molecule has 0 bridgehead atoms. The summed E-state index contributed by atoms with van der Waals surface area (Å²) in [7, 11) is 0. The van der Waals surface area contributed by atoms with Crippen LogP contribution < -0.4 is 5.32 Å². The van der Waals surface area contributed by atoms with Crippen molar-refractivity contribution >= 4 is 11.9 Å². The van der Waals surface area contributed by atoms with Gasteiger partial charge in [0.1, 0.15) is 17.2 Å². The summed E-state index contributed by atoms with van der Waals surface area (Å²) in [6.45, 7) is 1.84. The summed E-state index contributed by atoms with van der Waals surface area (Å²) >= 11 is 0. The van der Waals surface area contributed by atoms with Crippen LogP contribution in [0.2, 0.25) is 0 Å². The van der Waals surface area contributed by atoms with Gasteiger partial charge in [-0.05, 0) is 30.2 Å². The van der Waals surface area contributed by atoms with Crippen molar-refractivity contribution in [2.24, 2.45) is 0 Å². The molecule has 1 heterocycles. The SMILES string of the molecule is CCCC[C@]1(c2ccc(F)cc2)NC(=O)N(Cc2ccccc2F)C1=O. The van der Waals surface area contributed by atoms with Crippen molar-refractivity contribution in [1.82, 2.24) is 10.2 Å². The average Bonchev–Trinajstić information content (AvgIpc) is 2.87. The van der Waals surface area contributed by atoms with Gasteiger partial charge in [-0.2, -0.15) is 0 Å². The van der Waals surface area contributed by atoms with Crippen LogP contribution in [0.4, 0.5) is 13.6 Å². The molecule has 6 heteroatoms. The molecule has 1 aliphatic rings. The Balaban J connectivity index is 1.96. The molecule has 4 nitrogen and oxygen atoms in total. The standard InChI is InChI=1S/C20H20F2N2O2/c1-2-3-12-20(15-8-10-16(21)11-9-15)18(25)24(19(26)23-20)13-14-6-4-5-7-17(14)22/h4-11H,2-3,12-13H2,1H3,(H,23,26)/t20-/m1/s1. The average molecular weight is 358 g/mol. The van der Waals surface area contributed by atoms with E-state index in [-0.39, 0.29) is 12.1 Å². The number of amides is 3. The third kappa shape index (κ3) is 3.19. The van der Waals surface area contributed by atoms with E-state index in [0.717, 1.165) is 11.3 Å². The molecule has 0 saturated carbocycles. The number of halogens is 2. The Labute approximate surface area is 150 Å². The summed E-state index contributed by atoms with van der Waals surface area (Å²) < 4.78 is 27.3. The third-order valence-electron chi connectivity index (χ3n) is 4.70. The third-order valence-corrected chi connectivity index (χ3v) is 4.70. The van der Waals surface area contributed by atoms with E-state index in [0.29, 0.717) is 18.4 Å². The Morgan fingerprint density at radius 1 is 1.04 bits per heavy atom. The number of carbonyl (C=O) groups is 2. The molecular formula is C20H20F2N2O2. The van der Waals surface area contributed by atoms with E-state index < -0.39 is 29.1 Å². The maximum atomic E-state index is 13.9. The Kier molecular flexibility index (Phi) is 5.02. The topological polar surface area (TPSA) is 49.4 Å². The number of unbranched alkanes of at least 4 members (excludes halogenated alkanes) is 1. The lowest BCUT2D eigenvalue weighted by Crippen LogP contribution is -2.44. The van der Waals surface area contributed by atoms with Crippen molar-refractivity contribution in [2.45, 2.75) is 38.3 Å². The maximum Gasteiger partial charge on any atom is 0.325 e. The van der Waals surface area contributed by atoms with Gasteiger partial charge in [0, 0.05) is 5.56 Å². The van der Waals surface area contributed by atoms with Crippen LogP contribution in [-0.2, 0) is 16.9 Å². The van der Waals surface area contributed by atoms with Crippen molar-refractivity contribution in [3.8, 4) is 0 Å². The molecule has 0 unspecified atom stereocenters. The number of hydrogen-bond acceptors (Lipinski definition) is 2. The molecule has 3 rings (SSSR count). The predicted molar refractivity (Wildman–Crippen MR) is 93.1 cm³/mol. The molecule has 1 saturated heterocycles. The molecule has 0 aliphatic carbocycles. The van der Waals surface area contributed by atoms with Crippen molar-refractivity contribution in [3.05, 3.63) is 71.3 Å². The van der Waals surface area contributed by atoms with Gasteiger partial charge in [0.05, 0.1) is 6.54 Å². The molecule has 1 fully saturated rings. The first kappa shape index (κ1) is 18.0. The summed E-state index contributed by atoms with van der Waals surface area (Å²) in [5.74, 6) is -1.33. The van der Waals surface area contributed by atoms with E-state index in [1.807, 2.05) is 6.92 Å². The van der Waals surface area contributed by atoms with Gasteiger partial charge < -0.3 is 5.32 Å². The normalized spacial score (nSPS) is 19.7. The van der Waals surface area contributed by atoms with Crippen LogP contribution in [0.5, 0.6) is 0 Å². The van der Waals surface area contributed by atoms with Crippen molar-refractivity contribution in [3.63, 3.8) is 0 Å². The molecule has 2 aromatic rings. The Hall–Kier alpha value is -2.76. The number of urea groups is 1. The largest absolute Gasteiger partial charge is 0.325 e. The van der Waals surface area contributed by atoms with Crippen LogP contribution in [-0.4, -0.2) is 16.8 Å². The zero-order chi connectivity index (χ0) is 18.7. The van der Waals surface area contributed by atoms with E-state index >= 15 is 0 Å². The fourth-order valence-corrected chi connectivity index (χ4v) is 3.25. The lowest BCUT2D eigenvalue weighted by atomic mass is 9.84. The minimum Gasteiger partial charge on any atom is -0.319 e. The molecule has 1 aliphatic heterocycles. The fraction of sp³-hybridized carbons (Fsp3) is 0.300. The highest BCUT2D eigenvalue weighted by atomic mass is 19.1. The predicted octanol–water partition coefficient (Wildman–Crippen LogP) is 4.10. The van der Waals surface area contributed by atoms with E-state index in [1.54, 1.807) is 18.2 Å². The van der Waals surface area contributed by atoms with Gasteiger partial charge in [-0.1, -0.05) is 50.1 Å². The fourth-order valence-electron chi connectivity index (χ4n) is 3.25. The van der Waals surface area contributed by atoms with Crippen molar-refractivity contribution in [1.29, 1.82) is 0 Å². The maximum absolute atomic E-state index is 13.9. The molecular weight excluding hydrogens is 338 g/mol. The van der Waals surface area contributed by atoms with Gasteiger partial charge in [0.15, 0.2) is 0 Å². The Bertz CT molecular complexity index is 823. The lowest BCUT2D eigenvalue weighted by molar-refractivity contribution is -0.132. The van der Waals surface area contributed by atoms with E-state index in [9.17, 15) is 18.4 Å². The number of carbonyl (C=O) groups excluding carboxylic acids is 2. The van der Waals surface area contributed by atoms with E-state index in [1.165, 1.54) is 30.3 Å². The second kappa shape index (κ2) is 7.23. The van der Waals surface area contributed by atoms with Crippen LogP contribution >= 0.6 is 0 Å². The highest BCUT2D eigenvalue weighted by Crippen LogP contribution is 2.35. The van der Waals surface area contributed by atoms with Crippen LogP contribution in [0, 0.1) is 11.6 Å². The zero-order valence-corrected chi connectivity index (χ0v) is 14.5. The van der Waals surface area contributed by atoms with Crippen LogP contribution in [0.1, 0.15) is 37.3 Å². The molecule has 1 atom stereocenters. The molecule has 3 amide bonds. The summed E-state index contributed by atoms with van der Waals surface area (Å²) in [6, 6.07) is 11.0. The van der Waals surface area contributed by atoms with Crippen LogP contribution in [0.15, 0.2) is 48.5 Å². The quantitative estimate of drug-likeness (QED) is 0.791. The van der Waals surface area contributed by atoms with Gasteiger partial charge in [-0.15, -0.1) is 0 Å². The molecule has 26 heavy (non-hydrogen) atoms. The van der Waals surface area contributed by atoms with Crippen LogP contribution in [0.25, 0.3) is 0 Å². The summed E-state index contributed by atoms with van der Waals surface area (Å²) in [4.78, 5) is 26.7. The Morgan fingerprint density at radius 3 is 2.38 bits per heavy atom. The van der Waals surface area contributed by atoms with Crippen molar-refractivity contribution in [2.75, 3.05) is 0 Å². The van der Waals surface area contributed by atoms with Gasteiger partial charge in [-0.3, -0.25) is 9.69 Å². The molecule has 0 spiro atoms. The smallest absolute Gasteiger partial charge is 0.319 e. The minimum absolute atomic E-state index is 0.146. The first-order valence-corrected chi connectivity index (χ1v) is 8.61. The lowest BCUT2D eigenvalue weighted by Gasteiger charge is -2.27. The molecule has 1 N–H and O–H groups in total. The minimum atomic E-state index is -1.24. The van der Waals surface area contributed by atoms with Gasteiger partial charge >= 0.3 is 6.03 Å². The summed E-state index contributed by atoms with van der Waals surface area (Å²) in [5.41, 5.74) is -0.449. The number of benzene rings is 2.